The molecule has 0 saturated heterocycles. The molecule has 7 heteroatoms. The average Bonchev–Trinajstić information content (AvgIpc) is 2.64. The predicted octanol–water partition coefficient (Wildman–Crippen LogP) is 3.87. The van der Waals surface area contributed by atoms with Crippen molar-refractivity contribution in [1.82, 2.24) is 10.2 Å². The van der Waals surface area contributed by atoms with Crippen molar-refractivity contribution in [3.05, 3.63) is 59.7 Å². The number of rotatable bonds is 7. The number of amides is 1. The maximum absolute atomic E-state index is 11.2. The molecular formula is C21H29IN4O2. The van der Waals surface area contributed by atoms with Crippen LogP contribution < -0.4 is 15.4 Å². The highest BCUT2D eigenvalue weighted by Crippen LogP contribution is 2.14. The molecule has 0 aliphatic rings. The third-order valence-electron chi connectivity index (χ3n) is 3.93. The van der Waals surface area contributed by atoms with Gasteiger partial charge in [-0.25, -0.2) is 0 Å². The summed E-state index contributed by atoms with van der Waals surface area (Å²) in [6, 6.07) is 15.8. The van der Waals surface area contributed by atoms with Crippen LogP contribution in [0, 0.1) is 0 Å². The second-order valence-corrected chi connectivity index (χ2v) is 6.22. The van der Waals surface area contributed by atoms with Gasteiger partial charge in [0.1, 0.15) is 5.75 Å². The van der Waals surface area contributed by atoms with E-state index in [9.17, 15) is 4.79 Å². The summed E-state index contributed by atoms with van der Waals surface area (Å²) in [5.41, 5.74) is 3.04. The fraction of sp³-hybridized carbons (Fsp3) is 0.333. The number of nitrogens with zero attached hydrogens (tertiary/aromatic N) is 2. The van der Waals surface area contributed by atoms with E-state index in [1.54, 1.807) is 7.05 Å². The van der Waals surface area contributed by atoms with E-state index < -0.39 is 0 Å². The Labute approximate surface area is 184 Å². The number of benzene rings is 2. The monoisotopic (exact) mass is 496 g/mol. The van der Waals surface area contributed by atoms with E-state index in [0.717, 1.165) is 29.5 Å². The summed E-state index contributed by atoms with van der Waals surface area (Å²) in [6.07, 6.45) is 0. The van der Waals surface area contributed by atoms with Crippen LogP contribution in [0.1, 0.15) is 25.0 Å². The zero-order valence-corrected chi connectivity index (χ0v) is 19.2. The summed E-state index contributed by atoms with van der Waals surface area (Å²) in [5.74, 6) is 1.60. The Hall–Kier alpha value is -2.29. The van der Waals surface area contributed by atoms with E-state index in [2.05, 4.69) is 32.7 Å². The molecule has 6 nitrogen and oxygen atoms in total. The summed E-state index contributed by atoms with van der Waals surface area (Å²) >= 11 is 0. The lowest BCUT2D eigenvalue weighted by molar-refractivity contribution is -0.114. The van der Waals surface area contributed by atoms with Gasteiger partial charge in [-0.3, -0.25) is 9.79 Å². The van der Waals surface area contributed by atoms with Crippen LogP contribution >= 0.6 is 24.0 Å². The van der Waals surface area contributed by atoms with Crippen molar-refractivity contribution in [1.29, 1.82) is 0 Å². The molecule has 0 atom stereocenters. The van der Waals surface area contributed by atoms with Crippen LogP contribution in [0.5, 0.6) is 5.75 Å². The van der Waals surface area contributed by atoms with Crippen molar-refractivity contribution < 1.29 is 9.53 Å². The molecule has 0 saturated carbocycles. The highest BCUT2D eigenvalue weighted by Gasteiger charge is 2.07. The first-order valence-corrected chi connectivity index (χ1v) is 9.02. The smallest absolute Gasteiger partial charge is 0.221 e. The van der Waals surface area contributed by atoms with Crippen LogP contribution in [0.4, 0.5) is 5.69 Å². The molecular weight excluding hydrogens is 467 g/mol. The average molecular weight is 496 g/mol. The van der Waals surface area contributed by atoms with Gasteiger partial charge >= 0.3 is 0 Å². The molecule has 0 bridgehead atoms. The van der Waals surface area contributed by atoms with Crippen LogP contribution in [0.15, 0.2) is 53.5 Å². The molecule has 28 heavy (non-hydrogen) atoms. The Morgan fingerprint density at radius 1 is 1.14 bits per heavy atom. The number of carbonyl (C=O) groups is 1. The lowest BCUT2D eigenvalue weighted by atomic mass is 10.2. The lowest BCUT2D eigenvalue weighted by Crippen LogP contribution is -2.38. The van der Waals surface area contributed by atoms with Gasteiger partial charge in [0.15, 0.2) is 5.96 Å². The van der Waals surface area contributed by atoms with Gasteiger partial charge in [-0.05, 0) is 42.3 Å². The van der Waals surface area contributed by atoms with Crippen molar-refractivity contribution >= 4 is 41.5 Å². The standard InChI is InChI=1S/C21H28N4O2.HI/c1-5-27-20-11-9-17(10-12-20)15-25(4)21(22-3)23-14-18-7-6-8-19(13-18)24-16(2)26;/h6-13H,5,14-15H2,1-4H3,(H,22,23)(H,24,26);1H. The Bertz CT molecular complexity index is 778. The number of nitrogens with one attached hydrogen (secondary N) is 2. The van der Waals surface area contributed by atoms with Crippen molar-refractivity contribution in [3.8, 4) is 5.75 Å². The first kappa shape index (κ1) is 23.7. The maximum atomic E-state index is 11.2. The minimum atomic E-state index is -0.0778. The quantitative estimate of drug-likeness (QED) is 0.347. The minimum Gasteiger partial charge on any atom is -0.494 e. The molecule has 0 heterocycles. The molecule has 0 spiro atoms. The third-order valence-corrected chi connectivity index (χ3v) is 3.93. The van der Waals surface area contributed by atoms with E-state index in [-0.39, 0.29) is 29.9 Å². The van der Waals surface area contributed by atoms with Gasteiger partial charge in [0.2, 0.25) is 5.91 Å². The molecule has 1 amide bonds. The topological polar surface area (TPSA) is 66.0 Å². The second kappa shape index (κ2) is 12.2. The van der Waals surface area contributed by atoms with E-state index >= 15 is 0 Å². The highest BCUT2D eigenvalue weighted by molar-refractivity contribution is 14.0. The van der Waals surface area contributed by atoms with Crippen molar-refractivity contribution in [2.24, 2.45) is 4.99 Å². The molecule has 152 valence electrons. The lowest BCUT2D eigenvalue weighted by Gasteiger charge is -2.22. The van der Waals surface area contributed by atoms with Crippen LogP contribution in [-0.2, 0) is 17.9 Å². The minimum absolute atomic E-state index is 0. The van der Waals surface area contributed by atoms with Crippen molar-refractivity contribution in [2.75, 3.05) is 26.0 Å². The van der Waals surface area contributed by atoms with Crippen LogP contribution in [-0.4, -0.2) is 37.5 Å². The predicted molar refractivity (Wildman–Crippen MR) is 125 cm³/mol. The largest absolute Gasteiger partial charge is 0.494 e. The number of aliphatic imine (C=N–C) groups is 1. The summed E-state index contributed by atoms with van der Waals surface area (Å²) in [5, 5.41) is 6.15. The molecule has 0 radical (unpaired) electrons. The zero-order valence-electron chi connectivity index (χ0n) is 16.9. The van der Waals surface area contributed by atoms with E-state index in [0.29, 0.717) is 13.2 Å². The zero-order chi connectivity index (χ0) is 19.6. The van der Waals surface area contributed by atoms with Crippen LogP contribution in [0.2, 0.25) is 0 Å². The van der Waals surface area contributed by atoms with Gasteiger partial charge in [0.05, 0.1) is 6.61 Å². The van der Waals surface area contributed by atoms with Gasteiger partial charge in [0.25, 0.3) is 0 Å². The Kier molecular flexibility index (Phi) is 10.4. The SMILES string of the molecule is CCOc1ccc(CN(C)C(=NC)NCc2cccc(NC(C)=O)c2)cc1.I. The molecule has 0 aliphatic heterocycles. The van der Waals surface area contributed by atoms with Crippen LogP contribution in [0.25, 0.3) is 0 Å². The first-order valence-electron chi connectivity index (χ1n) is 9.02. The van der Waals surface area contributed by atoms with E-state index in [4.69, 9.17) is 4.74 Å². The molecule has 2 aromatic rings. The molecule has 0 fully saturated rings. The van der Waals surface area contributed by atoms with Gasteiger partial charge in [-0.2, -0.15) is 0 Å². The summed E-state index contributed by atoms with van der Waals surface area (Å²) in [4.78, 5) is 17.6. The van der Waals surface area contributed by atoms with E-state index in [1.807, 2.05) is 50.4 Å². The first-order chi connectivity index (χ1) is 13.0. The number of guanidine groups is 1. The Balaban J connectivity index is 0.00000392. The molecule has 0 aliphatic carbocycles. The summed E-state index contributed by atoms with van der Waals surface area (Å²) in [7, 11) is 3.77. The van der Waals surface area contributed by atoms with Gasteiger partial charge in [0, 0.05) is 39.8 Å². The van der Waals surface area contributed by atoms with E-state index in [1.165, 1.54) is 12.5 Å². The third kappa shape index (κ3) is 7.75. The highest BCUT2D eigenvalue weighted by atomic mass is 127. The molecule has 0 aromatic heterocycles. The summed E-state index contributed by atoms with van der Waals surface area (Å²) < 4.78 is 5.48. The molecule has 2 rings (SSSR count). The molecule has 2 N–H and O–H groups in total. The van der Waals surface area contributed by atoms with Crippen molar-refractivity contribution in [2.45, 2.75) is 26.9 Å². The number of anilines is 1. The number of carbonyl (C=O) groups excluding carboxylic acids is 1. The normalized spacial score (nSPS) is 10.6. The number of hydrogen-bond donors (Lipinski definition) is 2. The Morgan fingerprint density at radius 2 is 1.86 bits per heavy atom. The van der Waals surface area contributed by atoms with Crippen LogP contribution in [0.3, 0.4) is 0 Å². The van der Waals surface area contributed by atoms with Crippen molar-refractivity contribution in [3.63, 3.8) is 0 Å². The second-order valence-electron chi connectivity index (χ2n) is 6.22. The number of hydrogen-bond acceptors (Lipinski definition) is 3. The van der Waals surface area contributed by atoms with Gasteiger partial charge in [-0.15, -0.1) is 24.0 Å². The number of ether oxygens (including phenoxy) is 1. The molecule has 2 aromatic carbocycles. The molecule has 0 unspecified atom stereocenters. The fourth-order valence-corrected chi connectivity index (χ4v) is 2.73. The van der Waals surface area contributed by atoms with Gasteiger partial charge in [-0.1, -0.05) is 24.3 Å². The number of halogens is 1. The van der Waals surface area contributed by atoms with Gasteiger partial charge < -0.3 is 20.3 Å². The summed E-state index contributed by atoms with van der Waals surface area (Å²) in [6.45, 7) is 5.50. The fourth-order valence-electron chi connectivity index (χ4n) is 2.73. The Morgan fingerprint density at radius 3 is 2.46 bits per heavy atom. The maximum Gasteiger partial charge on any atom is 0.221 e.